The summed E-state index contributed by atoms with van der Waals surface area (Å²) in [5.74, 6) is -1.91. The third kappa shape index (κ3) is 6.23. The number of alkyl halides is 1. The van der Waals surface area contributed by atoms with Crippen molar-refractivity contribution < 1.29 is 18.4 Å². The lowest BCUT2D eigenvalue weighted by atomic mass is 9.99. The van der Waals surface area contributed by atoms with Gasteiger partial charge in [0.25, 0.3) is 0 Å². The molecular weight excluding hydrogens is 513 g/mol. The van der Waals surface area contributed by atoms with Gasteiger partial charge in [-0.1, -0.05) is 18.5 Å². The number of likely N-dealkylation sites (tertiary alicyclic amines) is 1. The van der Waals surface area contributed by atoms with Crippen LogP contribution in [0.4, 0.5) is 8.78 Å². The van der Waals surface area contributed by atoms with Crippen molar-refractivity contribution in [1.29, 1.82) is 0 Å². The molecule has 1 saturated carbocycles. The van der Waals surface area contributed by atoms with Gasteiger partial charge in [-0.3, -0.25) is 19.8 Å². The number of nitrogens with two attached hydrogens (primary N) is 1. The van der Waals surface area contributed by atoms with Crippen molar-refractivity contribution in [2.24, 2.45) is 11.1 Å². The van der Waals surface area contributed by atoms with E-state index >= 15 is 0 Å². The Balaban J connectivity index is 0.00000204. The van der Waals surface area contributed by atoms with Crippen LogP contribution in [-0.4, -0.2) is 56.3 Å². The predicted molar refractivity (Wildman–Crippen MR) is 128 cm³/mol. The maximum atomic E-state index is 14.9. The average molecular weight is 540 g/mol. The molecule has 1 aliphatic heterocycles. The van der Waals surface area contributed by atoms with Crippen LogP contribution in [-0.2, 0) is 16.1 Å². The number of carbonyl (C=O) groups is 2. The molecule has 13 heteroatoms. The van der Waals surface area contributed by atoms with Crippen LogP contribution < -0.4 is 11.1 Å². The summed E-state index contributed by atoms with van der Waals surface area (Å²) in [6.45, 7) is 1.86. The van der Waals surface area contributed by atoms with Gasteiger partial charge in [-0.05, 0) is 36.8 Å². The first kappa shape index (κ1) is 28.4. The van der Waals surface area contributed by atoms with Crippen LogP contribution in [0.3, 0.4) is 0 Å². The first-order valence-corrected chi connectivity index (χ1v) is 10.8. The fourth-order valence-electron chi connectivity index (χ4n) is 4.12. The molecule has 0 bridgehead atoms. The van der Waals surface area contributed by atoms with Crippen molar-refractivity contribution in [3.05, 3.63) is 41.2 Å². The molecule has 2 aromatic rings. The normalized spacial score (nSPS) is 21.8. The number of amides is 2. The van der Waals surface area contributed by atoms with Crippen molar-refractivity contribution in [2.75, 3.05) is 6.54 Å². The number of nitrogens with one attached hydrogen (secondary N) is 1. The number of hydrogen-bond acceptors (Lipinski definition) is 6. The molecule has 3 atom stereocenters. The molecular formula is C21H27Cl3F2N6O2. The molecule has 1 aromatic heterocycles. The second-order valence-corrected chi connectivity index (χ2v) is 9.36. The van der Waals surface area contributed by atoms with Gasteiger partial charge in [-0.2, -0.15) is 5.10 Å². The highest BCUT2D eigenvalue weighted by molar-refractivity contribution is 6.30. The molecule has 1 aromatic carbocycles. The van der Waals surface area contributed by atoms with E-state index in [-0.39, 0.29) is 60.3 Å². The molecule has 1 saturated heterocycles. The Morgan fingerprint density at radius 3 is 2.68 bits per heavy atom. The van der Waals surface area contributed by atoms with Crippen LogP contribution in [0, 0.1) is 11.2 Å². The molecule has 2 fully saturated rings. The quantitative estimate of drug-likeness (QED) is 0.560. The molecule has 2 heterocycles. The Morgan fingerprint density at radius 1 is 1.35 bits per heavy atom. The van der Waals surface area contributed by atoms with Gasteiger partial charge in [-0.25, -0.2) is 18.4 Å². The number of imide groups is 1. The van der Waals surface area contributed by atoms with E-state index in [0.717, 1.165) is 12.8 Å². The third-order valence-corrected chi connectivity index (χ3v) is 6.54. The Labute approximate surface area is 213 Å². The highest BCUT2D eigenvalue weighted by Crippen LogP contribution is 2.48. The van der Waals surface area contributed by atoms with Gasteiger partial charge in [-0.15, -0.1) is 24.8 Å². The number of rotatable bonds is 7. The molecule has 2 amide bonds. The maximum Gasteiger partial charge on any atom is 0.244 e. The summed E-state index contributed by atoms with van der Waals surface area (Å²) in [4.78, 5) is 30.6. The average Bonchev–Trinajstić information content (AvgIpc) is 3.12. The van der Waals surface area contributed by atoms with Crippen molar-refractivity contribution in [3.8, 4) is 5.69 Å². The van der Waals surface area contributed by atoms with Gasteiger partial charge < -0.3 is 5.73 Å². The standard InChI is InChI=1S/C21H25ClF2N6O2.2ClH/c1-21(4-5-21)7-15(25)19(31)28-20(32)17-6-12(23)8-29(17)9-13-16(30-11-26-10-27-30)3-2-14(22)18(13)24;;/h2-3,10-12,15,17H,4-9,25H2,1H3,(H,28,31,32);2*1H/t12-,15-,17+;;/m1../s1. The summed E-state index contributed by atoms with van der Waals surface area (Å²) in [5.41, 5.74) is 6.53. The first-order valence-electron chi connectivity index (χ1n) is 10.5. The second-order valence-electron chi connectivity index (χ2n) is 8.95. The molecule has 8 nitrogen and oxygen atoms in total. The fraction of sp³-hybridized carbons (Fsp3) is 0.524. The van der Waals surface area contributed by atoms with Gasteiger partial charge in [0.15, 0.2) is 0 Å². The Kier molecular flexibility index (Phi) is 9.40. The number of nitrogens with zero attached hydrogens (tertiary/aromatic N) is 4. The second kappa shape index (κ2) is 11.3. The molecule has 188 valence electrons. The molecule has 0 radical (unpaired) electrons. The van der Waals surface area contributed by atoms with Gasteiger partial charge >= 0.3 is 0 Å². The van der Waals surface area contributed by atoms with E-state index in [1.165, 1.54) is 28.3 Å². The molecule has 3 N–H and O–H groups in total. The minimum absolute atomic E-state index is 0. The van der Waals surface area contributed by atoms with Crippen molar-refractivity contribution in [2.45, 2.75) is 57.4 Å². The summed E-state index contributed by atoms with van der Waals surface area (Å²) in [6, 6.07) is 1.21. The van der Waals surface area contributed by atoms with Crippen molar-refractivity contribution in [3.63, 3.8) is 0 Å². The molecule has 0 unspecified atom stereocenters. The minimum atomic E-state index is -1.29. The number of carbonyl (C=O) groups excluding carboxylic acids is 2. The molecule has 2 aliphatic rings. The highest BCUT2D eigenvalue weighted by atomic mass is 35.5. The maximum absolute atomic E-state index is 14.9. The third-order valence-electron chi connectivity index (χ3n) is 6.25. The summed E-state index contributed by atoms with van der Waals surface area (Å²) < 4.78 is 30.6. The summed E-state index contributed by atoms with van der Waals surface area (Å²) >= 11 is 5.97. The summed E-state index contributed by atoms with van der Waals surface area (Å²) in [5, 5.41) is 6.24. The van der Waals surface area contributed by atoms with Gasteiger partial charge in [0.1, 0.15) is 24.6 Å². The lowest BCUT2D eigenvalue weighted by Gasteiger charge is -2.25. The first-order chi connectivity index (χ1) is 15.2. The Hall–Kier alpha value is -1.85. The van der Waals surface area contributed by atoms with E-state index in [1.807, 2.05) is 6.92 Å². The van der Waals surface area contributed by atoms with Crippen LogP contribution in [0.25, 0.3) is 5.69 Å². The van der Waals surface area contributed by atoms with Crippen LogP contribution in [0.1, 0.15) is 38.2 Å². The lowest BCUT2D eigenvalue weighted by molar-refractivity contribution is -0.134. The Bertz CT molecular complexity index is 1020. The number of aromatic nitrogens is 3. The van der Waals surface area contributed by atoms with Crippen LogP contribution in [0.15, 0.2) is 24.8 Å². The van der Waals surface area contributed by atoms with E-state index in [0.29, 0.717) is 12.1 Å². The van der Waals surface area contributed by atoms with Gasteiger partial charge in [0, 0.05) is 25.1 Å². The zero-order valence-electron chi connectivity index (χ0n) is 18.4. The number of benzene rings is 1. The molecule has 34 heavy (non-hydrogen) atoms. The van der Waals surface area contributed by atoms with Crippen molar-refractivity contribution in [1.82, 2.24) is 25.0 Å². The number of halogens is 5. The van der Waals surface area contributed by atoms with Crippen LogP contribution in [0.2, 0.25) is 5.02 Å². The topological polar surface area (TPSA) is 106 Å². The van der Waals surface area contributed by atoms with Crippen LogP contribution in [0.5, 0.6) is 0 Å². The van der Waals surface area contributed by atoms with E-state index in [9.17, 15) is 18.4 Å². The number of hydrogen-bond donors (Lipinski definition) is 2. The highest BCUT2D eigenvalue weighted by Gasteiger charge is 2.42. The zero-order valence-corrected chi connectivity index (χ0v) is 20.8. The van der Waals surface area contributed by atoms with Gasteiger partial charge in [0.05, 0.1) is 22.8 Å². The minimum Gasteiger partial charge on any atom is -0.320 e. The fourth-order valence-corrected chi connectivity index (χ4v) is 4.29. The van der Waals surface area contributed by atoms with E-state index in [2.05, 4.69) is 15.4 Å². The summed E-state index contributed by atoms with van der Waals surface area (Å²) in [6.07, 6.45) is 3.79. The van der Waals surface area contributed by atoms with E-state index in [4.69, 9.17) is 17.3 Å². The van der Waals surface area contributed by atoms with Crippen LogP contribution >= 0.6 is 36.4 Å². The zero-order chi connectivity index (χ0) is 23.0. The largest absolute Gasteiger partial charge is 0.320 e. The summed E-state index contributed by atoms with van der Waals surface area (Å²) in [7, 11) is 0. The SMILES string of the molecule is CC1(C[C@@H](N)C(=O)NC(=O)[C@@H]2C[C@@H](F)CN2Cc2c(-n3cncn3)ccc(Cl)c2F)CC1.Cl.Cl. The smallest absolute Gasteiger partial charge is 0.244 e. The van der Waals surface area contributed by atoms with E-state index in [1.54, 1.807) is 6.07 Å². The van der Waals surface area contributed by atoms with Crippen molar-refractivity contribution >= 4 is 48.2 Å². The molecule has 4 rings (SSSR count). The molecule has 0 spiro atoms. The monoisotopic (exact) mass is 538 g/mol. The molecule has 1 aliphatic carbocycles. The van der Waals surface area contributed by atoms with E-state index < -0.39 is 35.9 Å². The predicted octanol–water partition coefficient (Wildman–Crippen LogP) is 2.98. The Morgan fingerprint density at radius 2 is 2.06 bits per heavy atom. The lowest BCUT2D eigenvalue weighted by Crippen LogP contribution is -2.50. The van der Waals surface area contributed by atoms with Gasteiger partial charge in [0.2, 0.25) is 11.8 Å².